The molecular weight excluding hydrogens is 405 g/mol. The Hall–Kier alpha value is -3.44. The Morgan fingerprint density at radius 2 is 2.03 bits per heavy atom. The molecule has 3 aromatic rings. The van der Waals surface area contributed by atoms with Gasteiger partial charge in [0.25, 0.3) is 11.8 Å². The number of benzene rings is 1. The summed E-state index contributed by atoms with van der Waals surface area (Å²) in [6.45, 7) is 2.57. The van der Waals surface area contributed by atoms with Crippen LogP contribution < -0.4 is 4.74 Å². The molecule has 9 nitrogen and oxygen atoms in total. The van der Waals surface area contributed by atoms with Crippen LogP contribution in [-0.4, -0.2) is 55.4 Å². The molecule has 1 aliphatic rings. The minimum Gasteiger partial charge on any atom is -0.406 e. The maximum absolute atomic E-state index is 12.7. The second kappa shape index (κ2) is 7.76. The first-order chi connectivity index (χ1) is 14.3. The highest BCUT2D eigenvalue weighted by molar-refractivity contribution is 5.94. The van der Waals surface area contributed by atoms with Crippen molar-refractivity contribution in [2.75, 3.05) is 13.1 Å². The van der Waals surface area contributed by atoms with Crippen LogP contribution in [0, 0.1) is 6.92 Å². The lowest BCUT2D eigenvalue weighted by atomic mass is 10.0. The first-order valence-corrected chi connectivity index (χ1v) is 9.16. The van der Waals surface area contributed by atoms with E-state index in [1.165, 1.54) is 12.1 Å². The number of ether oxygens (including phenoxy) is 1. The maximum atomic E-state index is 12.7. The Labute approximate surface area is 168 Å². The normalized spacial score (nSPS) is 15.4. The number of aryl methyl sites for hydroxylation is 1. The fourth-order valence-electron chi connectivity index (χ4n) is 3.30. The standard InChI is InChI=1S/C18H17F3N6O3/c1-11-22-16(30-24-11)15-10-27(25-23-15)13-5-7-26(8-6-13)17(28)12-3-2-4-14(9-12)29-18(19,20)21/h2-4,9-10,13H,5-8H2,1H3. The number of hydrogen-bond acceptors (Lipinski definition) is 7. The Morgan fingerprint density at radius 3 is 2.70 bits per heavy atom. The van der Waals surface area contributed by atoms with Crippen molar-refractivity contribution >= 4 is 5.91 Å². The fraction of sp³-hybridized carbons (Fsp3) is 0.389. The van der Waals surface area contributed by atoms with Crippen LogP contribution in [0.25, 0.3) is 11.6 Å². The molecule has 12 heteroatoms. The summed E-state index contributed by atoms with van der Waals surface area (Å²) in [6.07, 6.45) is -1.85. The SMILES string of the molecule is Cc1noc(-c2cn(C3CCN(C(=O)c4cccc(OC(F)(F)F)c4)CC3)nn2)n1. The van der Waals surface area contributed by atoms with Crippen LogP contribution in [0.4, 0.5) is 13.2 Å². The molecule has 1 amide bonds. The van der Waals surface area contributed by atoms with E-state index in [9.17, 15) is 18.0 Å². The predicted molar refractivity (Wildman–Crippen MR) is 95.4 cm³/mol. The number of alkyl halides is 3. The number of carbonyl (C=O) groups excluding carboxylic acids is 1. The van der Waals surface area contributed by atoms with Crippen LogP contribution in [-0.2, 0) is 0 Å². The lowest BCUT2D eigenvalue weighted by molar-refractivity contribution is -0.274. The minimum atomic E-state index is -4.81. The van der Waals surface area contributed by atoms with Gasteiger partial charge in [-0.25, -0.2) is 4.68 Å². The summed E-state index contributed by atoms with van der Waals surface area (Å²) in [4.78, 5) is 18.4. The zero-order valence-electron chi connectivity index (χ0n) is 15.8. The summed E-state index contributed by atoms with van der Waals surface area (Å²) in [7, 11) is 0. The van der Waals surface area contributed by atoms with Gasteiger partial charge in [-0.15, -0.1) is 18.3 Å². The molecule has 0 atom stereocenters. The Bertz CT molecular complexity index is 1040. The van der Waals surface area contributed by atoms with Gasteiger partial charge in [-0.05, 0) is 38.0 Å². The van der Waals surface area contributed by atoms with Gasteiger partial charge in [0.05, 0.1) is 12.2 Å². The van der Waals surface area contributed by atoms with Gasteiger partial charge < -0.3 is 14.2 Å². The number of likely N-dealkylation sites (tertiary alicyclic amines) is 1. The molecule has 0 aliphatic carbocycles. The molecule has 0 unspecified atom stereocenters. The summed E-state index contributed by atoms with van der Waals surface area (Å²) >= 11 is 0. The van der Waals surface area contributed by atoms with Crippen molar-refractivity contribution in [3.63, 3.8) is 0 Å². The molecule has 4 rings (SSSR count). The number of hydrogen-bond donors (Lipinski definition) is 0. The third kappa shape index (κ3) is 4.42. The maximum Gasteiger partial charge on any atom is 0.573 e. The first kappa shape index (κ1) is 19.9. The average Bonchev–Trinajstić information content (AvgIpc) is 3.35. The number of halogens is 3. The number of rotatable bonds is 4. The molecule has 2 aromatic heterocycles. The van der Waals surface area contributed by atoms with Gasteiger partial charge in [-0.1, -0.05) is 16.4 Å². The van der Waals surface area contributed by atoms with Gasteiger partial charge in [0.1, 0.15) is 5.75 Å². The van der Waals surface area contributed by atoms with Gasteiger partial charge in [0.2, 0.25) is 0 Å². The number of nitrogens with zero attached hydrogens (tertiary/aromatic N) is 6. The largest absolute Gasteiger partial charge is 0.573 e. The van der Waals surface area contributed by atoms with Crippen LogP contribution >= 0.6 is 0 Å². The van der Waals surface area contributed by atoms with Crippen molar-refractivity contribution in [2.24, 2.45) is 0 Å². The summed E-state index contributed by atoms with van der Waals surface area (Å²) < 4.78 is 47.9. The topological polar surface area (TPSA) is 99.2 Å². The average molecular weight is 422 g/mol. The molecule has 0 saturated carbocycles. The Balaban J connectivity index is 1.38. The van der Waals surface area contributed by atoms with Crippen LogP contribution in [0.5, 0.6) is 5.75 Å². The molecule has 158 valence electrons. The van der Waals surface area contributed by atoms with Gasteiger partial charge >= 0.3 is 6.36 Å². The second-order valence-electron chi connectivity index (χ2n) is 6.83. The zero-order chi connectivity index (χ0) is 21.3. The molecule has 1 aromatic carbocycles. The van der Waals surface area contributed by atoms with Crippen molar-refractivity contribution in [1.29, 1.82) is 0 Å². The van der Waals surface area contributed by atoms with E-state index in [2.05, 4.69) is 25.2 Å². The van der Waals surface area contributed by atoms with Gasteiger partial charge in [-0.3, -0.25) is 4.79 Å². The number of carbonyl (C=O) groups is 1. The lowest BCUT2D eigenvalue weighted by Crippen LogP contribution is -2.39. The molecule has 1 aliphatic heterocycles. The van der Waals surface area contributed by atoms with Gasteiger partial charge in [-0.2, -0.15) is 4.98 Å². The van der Waals surface area contributed by atoms with E-state index in [0.717, 1.165) is 12.1 Å². The van der Waals surface area contributed by atoms with E-state index in [1.807, 2.05) is 0 Å². The van der Waals surface area contributed by atoms with E-state index in [4.69, 9.17) is 4.52 Å². The molecule has 1 fully saturated rings. The third-order valence-electron chi connectivity index (χ3n) is 4.70. The van der Waals surface area contributed by atoms with Crippen LogP contribution in [0.1, 0.15) is 35.1 Å². The number of piperidine rings is 1. The van der Waals surface area contributed by atoms with Crippen LogP contribution in [0.2, 0.25) is 0 Å². The monoisotopic (exact) mass is 422 g/mol. The highest BCUT2D eigenvalue weighted by atomic mass is 19.4. The molecule has 0 radical (unpaired) electrons. The molecular formula is C18H17F3N6O3. The van der Waals surface area contributed by atoms with E-state index in [0.29, 0.717) is 37.4 Å². The van der Waals surface area contributed by atoms with Crippen molar-refractivity contribution in [3.05, 3.63) is 41.9 Å². The number of amides is 1. The fourth-order valence-corrected chi connectivity index (χ4v) is 3.30. The molecule has 30 heavy (non-hydrogen) atoms. The molecule has 0 spiro atoms. The minimum absolute atomic E-state index is 0.0271. The van der Waals surface area contributed by atoms with E-state index in [1.54, 1.807) is 22.7 Å². The predicted octanol–water partition coefficient (Wildman–Crippen LogP) is 3.01. The van der Waals surface area contributed by atoms with E-state index < -0.39 is 12.1 Å². The smallest absolute Gasteiger partial charge is 0.406 e. The van der Waals surface area contributed by atoms with Crippen LogP contribution in [0.15, 0.2) is 35.0 Å². The van der Waals surface area contributed by atoms with Crippen molar-refractivity contribution in [1.82, 2.24) is 30.0 Å². The van der Waals surface area contributed by atoms with Gasteiger partial charge in [0, 0.05) is 18.7 Å². The van der Waals surface area contributed by atoms with E-state index in [-0.39, 0.29) is 23.4 Å². The zero-order valence-corrected chi connectivity index (χ0v) is 15.8. The lowest BCUT2D eigenvalue weighted by Gasteiger charge is -2.32. The Morgan fingerprint density at radius 1 is 1.27 bits per heavy atom. The summed E-state index contributed by atoms with van der Waals surface area (Å²) in [5.41, 5.74) is 0.612. The van der Waals surface area contributed by atoms with E-state index >= 15 is 0 Å². The van der Waals surface area contributed by atoms with Gasteiger partial charge in [0.15, 0.2) is 11.5 Å². The highest BCUT2D eigenvalue weighted by Gasteiger charge is 2.32. The van der Waals surface area contributed by atoms with Crippen molar-refractivity contribution in [3.8, 4) is 17.3 Å². The summed E-state index contributed by atoms with van der Waals surface area (Å²) in [5, 5.41) is 11.9. The summed E-state index contributed by atoms with van der Waals surface area (Å²) in [6, 6.07) is 5.10. The van der Waals surface area contributed by atoms with Crippen molar-refractivity contribution in [2.45, 2.75) is 32.2 Å². The Kier molecular flexibility index (Phi) is 5.14. The number of aromatic nitrogens is 5. The van der Waals surface area contributed by atoms with Crippen LogP contribution in [0.3, 0.4) is 0 Å². The molecule has 1 saturated heterocycles. The second-order valence-corrected chi connectivity index (χ2v) is 6.83. The highest BCUT2D eigenvalue weighted by Crippen LogP contribution is 2.27. The van der Waals surface area contributed by atoms with Crippen molar-refractivity contribution < 1.29 is 27.2 Å². The third-order valence-corrected chi connectivity index (χ3v) is 4.70. The molecule has 0 N–H and O–H groups in total. The molecule has 3 heterocycles. The quantitative estimate of drug-likeness (QED) is 0.637. The molecule has 0 bridgehead atoms. The summed E-state index contributed by atoms with van der Waals surface area (Å²) in [5.74, 6) is 0.0136. The first-order valence-electron chi connectivity index (χ1n) is 9.16.